The number of ether oxygens (including phenoxy) is 2. The number of nitrogens with one attached hydrogen (secondary N) is 1. The Hall–Kier alpha value is -4.93. The van der Waals surface area contributed by atoms with Crippen LogP contribution < -0.4 is 15.0 Å². The standard InChI is InChI=1S/C32H36N8O3/c1-20-15-22(7-11-27(20)42-23-8-10-26-25(16-23)35-19-38(26)6)36-30-29-24(33-18-34-30)9-12-28(37-29)40-14-13-39(17-21(40)2)31(41)43-32(3,4)5/h7-12,15-16,18-19,21H,13-14,17H2,1-6H3,(H,33,34,36)/t21-/m0/s1. The van der Waals surface area contributed by atoms with Gasteiger partial charge in [-0.05, 0) is 82.6 Å². The van der Waals surface area contributed by atoms with Crippen molar-refractivity contribution in [3.05, 3.63) is 66.7 Å². The Labute approximate surface area is 250 Å². The first kappa shape index (κ1) is 28.2. The van der Waals surface area contributed by atoms with Gasteiger partial charge in [-0.1, -0.05) is 0 Å². The van der Waals surface area contributed by atoms with Gasteiger partial charge in [0, 0.05) is 44.5 Å². The highest BCUT2D eigenvalue weighted by atomic mass is 16.6. The number of aryl methyl sites for hydroxylation is 2. The maximum absolute atomic E-state index is 12.6. The lowest BCUT2D eigenvalue weighted by atomic mass is 10.2. The van der Waals surface area contributed by atoms with Gasteiger partial charge >= 0.3 is 6.09 Å². The molecule has 1 fully saturated rings. The van der Waals surface area contributed by atoms with E-state index in [1.807, 2.05) is 87.8 Å². The molecule has 0 aliphatic carbocycles. The predicted octanol–water partition coefficient (Wildman–Crippen LogP) is 6.20. The molecular weight excluding hydrogens is 544 g/mol. The van der Waals surface area contributed by atoms with Crippen LogP contribution >= 0.6 is 0 Å². The van der Waals surface area contributed by atoms with Crippen molar-refractivity contribution in [3.63, 3.8) is 0 Å². The third-order valence-electron chi connectivity index (χ3n) is 7.40. The molecule has 3 aromatic heterocycles. The molecule has 1 saturated heterocycles. The average Bonchev–Trinajstić information content (AvgIpc) is 3.33. The zero-order valence-electron chi connectivity index (χ0n) is 25.3. The molecule has 43 heavy (non-hydrogen) atoms. The minimum atomic E-state index is -0.526. The van der Waals surface area contributed by atoms with Gasteiger partial charge in [-0.15, -0.1) is 0 Å². The third-order valence-corrected chi connectivity index (χ3v) is 7.40. The molecule has 1 amide bonds. The number of anilines is 3. The number of piperazine rings is 1. The molecule has 1 aliphatic heterocycles. The number of hydrogen-bond donors (Lipinski definition) is 1. The highest BCUT2D eigenvalue weighted by Gasteiger charge is 2.30. The summed E-state index contributed by atoms with van der Waals surface area (Å²) >= 11 is 0. The number of carbonyl (C=O) groups is 1. The molecule has 5 aromatic rings. The lowest BCUT2D eigenvalue weighted by Crippen LogP contribution is -2.54. The summed E-state index contributed by atoms with van der Waals surface area (Å²) in [5.74, 6) is 2.91. The number of rotatable bonds is 5. The molecule has 11 nitrogen and oxygen atoms in total. The number of aromatic nitrogens is 5. The summed E-state index contributed by atoms with van der Waals surface area (Å²) in [6.45, 7) is 11.5. The van der Waals surface area contributed by atoms with Crippen molar-refractivity contribution in [2.45, 2.75) is 46.3 Å². The molecule has 2 aromatic carbocycles. The van der Waals surface area contributed by atoms with Crippen LogP contribution in [0.3, 0.4) is 0 Å². The molecule has 4 heterocycles. The van der Waals surface area contributed by atoms with Crippen molar-refractivity contribution < 1.29 is 14.3 Å². The number of hydrogen-bond acceptors (Lipinski definition) is 9. The average molecular weight is 581 g/mol. The van der Waals surface area contributed by atoms with Crippen LogP contribution in [0, 0.1) is 6.92 Å². The molecule has 1 atom stereocenters. The molecule has 11 heteroatoms. The van der Waals surface area contributed by atoms with Gasteiger partial charge in [0.15, 0.2) is 5.82 Å². The number of imidazole rings is 1. The van der Waals surface area contributed by atoms with E-state index in [1.54, 1.807) is 11.2 Å². The van der Waals surface area contributed by atoms with E-state index < -0.39 is 5.60 Å². The Morgan fingerprint density at radius 2 is 1.84 bits per heavy atom. The Morgan fingerprint density at radius 1 is 1.00 bits per heavy atom. The maximum atomic E-state index is 12.6. The summed E-state index contributed by atoms with van der Waals surface area (Å²) < 4.78 is 13.7. The van der Waals surface area contributed by atoms with Gasteiger partial charge in [0.2, 0.25) is 0 Å². The van der Waals surface area contributed by atoms with E-state index in [0.717, 1.165) is 45.1 Å². The highest BCUT2D eigenvalue weighted by molar-refractivity contribution is 5.88. The predicted molar refractivity (Wildman–Crippen MR) is 167 cm³/mol. The fourth-order valence-electron chi connectivity index (χ4n) is 5.26. The Balaban J connectivity index is 1.19. The number of pyridine rings is 1. The Morgan fingerprint density at radius 3 is 2.60 bits per heavy atom. The van der Waals surface area contributed by atoms with Crippen molar-refractivity contribution in [2.24, 2.45) is 7.05 Å². The summed E-state index contributed by atoms with van der Waals surface area (Å²) in [5, 5.41) is 3.42. The minimum Gasteiger partial charge on any atom is -0.457 e. The first-order chi connectivity index (χ1) is 20.5. The first-order valence-electron chi connectivity index (χ1n) is 14.4. The molecule has 0 saturated carbocycles. The number of fused-ring (bicyclic) bond motifs is 2. The second kappa shape index (κ2) is 11.0. The molecule has 0 radical (unpaired) electrons. The normalized spacial score (nSPS) is 15.6. The first-order valence-corrected chi connectivity index (χ1v) is 14.4. The number of carbonyl (C=O) groups excluding carboxylic acids is 1. The second-order valence-electron chi connectivity index (χ2n) is 11.9. The summed E-state index contributed by atoms with van der Waals surface area (Å²) in [7, 11) is 1.97. The SMILES string of the molecule is Cc1cc(Nc2ncnc3ccc(N4CCN(C(=O)OC(C)(C)C)C[C@@H]4C)nc23)ccc1Oc1ccc2c(c1)ncn2C. The summed E-state index contributed by atoms with van der Waals surface area (Å²) in [5.41, 5.74) is 4.65. The third kappa shape index (κ3) is 6.01. The van der Waals surface area contributed by atoms with Crippen molar-refractivity contribution in [2.75, 3.05) is 29.9 Å². The van der Waals surface area contributed by atoms with Crippen LogP contribution in [0.2, 0.25) is 0 Å². The summed E-state index contributed by atoms with van der Waals surface area (Å²) in [6.07, 6.45) is 3.04. The monoisotopic (exact) mass is 580 g/mol. The van der Waals surface area contributed by atoms with Crippen LogP contribution in [-0.4, -0.2) is 66.8 Å². The Bertz CT molecular complexity index is 1810. The highest BCUT2D eigenvalue weighted by Crippen LogP contribution is 2.31. The lowest BCUT2D eigenvalue weighted by Gasteiger charge is -2.40. The van der Waals surface area contributed by atoms with Gasteiger partial charge < -0.3 is 29.2 Å². The number of nitrogens with zero attached hydrogens (tertiary/aromatic N) is 7. The van der Waals surface area contributed by atoms with E-state index in [2.05, 4.69) is 32.1 Å². The van der Waals surface area contributed by atoms with Gasteiger partial charge in [-0.3, -0.25) is 0 Å². The van der Waals surface area contributed by atoms with E-state index in [4.69, 9.17) is 14.5 Å². The van der Waals surface area contributed by atoms with Crippen LogP contribution in [0.1, 0.15) is 33.3 Å². The zero-order chi connectivity index (χ0) is 30.3. The molecule has 0 spiro atoms. The smallest absolute Gasteiger partial charge is 0.410 e. The van der Waals surface area contributed by atoms with Gasteiger partial charge in [-0.25, -0.2) is 24.7 Å². The number of benzene rings is 2. The fraction of sp³-hybridized carbons (Fsp3) is 0.344. The Kier molecular flexibility index (Phi) is 7.25. The van der Waals surface area contributed by atoms with Crippen molar-refractivity contribution in [1.29, 1.82) is 0 Å². The van der Waals surface area contributed by atoms with Crippen LogP contribution in [0.15, 0.2) is 61.2 Å². The molecule has 6 rings (SSSR count). The summed E-state index contributed by atoms with van der Waals surface area (Å²) in [4.78, 5) is 34.9. The van der Waals surface area contributed by atoms with Crippen molar-refractivity contribution in [1.82, 2.24) is 29.4 Å². The van der Waals surface area contributed by atoms with Crippen LogP contribution in [0.5, 0.6) is 11.5 Å². The largest absolute Gasteiger partial charge is 0.457 e. The van der Waals surface area contributed by atoms with E-state index in [-0.39, 0.29) is 12.1 Å². The van der Waals surface area contributed by atoms with Crippen LogP contribution in [0.4, 0.5) is 22.1 Å². The second-order valence-corrected chi connectivity index (χ2v) is 11.9. The van der Waals surface area contributed by atoms with Crippen molar-refractivity contribution in [3.8, 4) is 11.5 Å². The zero-order valence-corrected chi connectivity index (χ0v) is 25.3. The molecule has 1 N–H and O–H groups in total. The van der Waals surface area contributed by atoms with Gasteiger partial charge in [0.25, 0.3) is 0 Å². The fourth-order valence-corrected chi connectivity index (χ4v) is 5.26. The lowest BCUT2D eigenvalue weighted by molar-refractivity contribution is 0.0218. The molecular formula is C32H36N8O3. The molecule has 0 unspecified atom stereocenters. The molecule has 0 bridgehead atoms. The van der Waals surface area contributed by atoms with Gasteiger partial charge in [0.1, 0.15) is 34.8 Å². The maximum Gasteiger partial charge on any atom is 0.410 e. The molecule has 1 aliphatic rings. The van der Waals surface area contributed by atoms with E-state index >= 15 is 0 Å². The minimum absolute atomic E-state index is 0.0563. The van der Waals surface area contributed by atoms with Crippen LogP contribution in [0.25, 0.3) is 22.1 Å². The number of amides is 1. The van der Waals surface area contributed by atoms with E-state index in [9.17, 15) is 4.79 Å². The topological polar surface area (TPSA) is 111 Å². The van der Waals surface area contributed by atoms with Gasteiger partial charge in [0.05, 0.1) is 22.9 Å². The van der Waals surface area contributed by atoms with E-state index in [0.29, 0.717) is 31.0 Å². The van der Waals surface area contributed by atoms with E-state index in [1.165, 1.54) is 6.33 Å². The van der Waals surface area contributed by atoms with Crippen molar-refractivity contribution >= 4 is 45.5 Å². The quantitative estimate of drug-likeness (QED) is 0.260. The molecule has 222 valence electrons. The van der Waals surface area contributed by atoms with Crippen LogP contribution in [-0.2, 0) is 11.8 Å². The van der Waals surface area contributed by atoms with Gasteiger partial charge in [-0.2, -0.15) is 0 Å². The summed E-state index contributed by atoms with van der Waals surface area (Å²) in [6, 6.07) is 15.8.